The normalized spacial score (nSPS) is 15.5. The van der Waals surface area contributed by atoms with Crippen molar-refractivity contribution in [1.29, 1.82) is 0 Å². The number of benzene rings is 3. The Morgan fingerprint density at radius 2 is 1.80 bits per heavy atom. The van der Waals surface area contributed by atoms with Crippen molar-refractivity contribution in [3.8, 4) is 0 Å². The predicted octanol–water partition coefficient (Wildman–Crippen LogP) is 5.69. The summed E-state index contributed by atoms with van der Waals surface area (Å²) in [5.74, 6) is -0.637. The van der Waals surface area contributed by atoms with Gasteiger partial charge in [-0.25, -0.2) is 9.37 Å². The van der Waals surface area contributed by atoms with Crippen molar-refractivity contribution in [2.24, 2.45) is 5.10 Å². The van der Waals surface area contributed by atoms with E-state index in [1.165, 1.54) is 18.3 Å². The highest BCUT2D eigenvalue weighted by Crippen LogP contribution is 2.36. The van der Waals surface area contributed by atoms with Gasteiger partial charge in [0, 0.05) is 42.5 Å². The molecule has 0 saturated carbocycles. The van der Waals surface area contributed by atoms with E-state index in [1.54, 1.807) is 18.2 Å². The topological polar surface area (TPSA) is 80.0 Å². The van der Waals surface area contributed by atoms with E-state index in [-0.39, 0.29) is 11.0 Å². The van der Waals surface area contributed by atoms with Gasteiger partial charge >= 0.3 is 0 Å². The van der Waals surface area contributed by atoms with Crippen LogP contribution in [-0.2, 0) is 17.7 Å². The van der Waals surface area contributed by atoms with Crippen LogP contribution in [0.2, 0.25) is 5.15 Å². The van der Waals surface area contributed by atoms with Gasteiger partial charge in [-0.1, -0.05) is 49.2 Å². The van der Waals surface area contributed by atoms with Gasteiger partial charge in [0.05, 0.1) is 30.6 Å². The van der Waals surface area contributed by atoms with Gasteiger partial charge in [-0.05, 0) is 42.3 Å². The number of aromatic nitrogens is 2. The molecule has 0 N–H and O–H groups in total. The third-order valence-electron chi connectivity index (χ3n) is 7.54. The Kier molecular flexibility index (Phi) is 7.55. The molecule has 6 rings (SSSR count). The molecule has 2 aliphatic heterocycles. The summed E-state index contributed by atoms with van der Waals surface area (Å²) in [6, 6.07) is 15.5. The van der Waals surface area contributed by atoms with Crippen molar-refractivity contribution < 1.29 is 18.7 Å². The Bertz CT molecular complexity index is 1660. The molecule has 3 aromatic carbocycles. The molecule has 1 fully saturated rings. The van der Waals surface area contributed by atoms with Gasteiger partial charge in [0.1, 0.15) is 17.3 Å². The van der Waals surface area contributed by atoms with Crippen LogP contribution < -0.4 is 4.90 Å². The second-order valence-electron chi connectivity index (χ2n) is 10.2. The van der Waals surface area contributed by atoms with Crippen LogP contribution in [0.5, 0.6) is 0 Å². The number of rotatable bonds is 8. The first-order chi connectivity index (χ1) is 20.0. The lowest BCUT2D eigenvalue weighted by Gasteiger charge is -2.31. The first kappa shape index (κ1) is 27.1. The standard InChI is InChI=1S/C31H29ClFN5O3/c1-2-3-10-27-35-29(32)26(37(27)19-20-6-4-7-21(33)17-20)18-34-38-30(39)23-9-5-8-22-25(36-13-15-41-16-14-36)12-11-24(28(22)23)31(38)40/h4-9,11-12,17-18H,2-3,10,13-16,19H2,1H3/b34-18+. The number of aryl methyl sites for hydroxylation is 1. The van der Waals surface area contributed by atoms with Crippen molar-refractivity contribution in [2.75, 3.05) is 31.2 Å². The van der Waals surface area contributed by atoms with E-state index in [1.807, 2.05) is 28.8 Å². The summed E-state index contributed by atoms with van der Waals surface area (Å²) in [5, 5.41) is 6.92. The molecule has 0 aliphatic carbocycles. The Labute approximate surface area is 242 Å². The maximum absolute atomic E-state index is 13.9. The minimum Gasteiger partial charge on any atom is -0.378 e. The molecule has 8 nitrogen and oxygen atoms in total. The van der Waals surface area contributed by atoms with Crippen LogP contribution in [0.3, 0.4) is 0 Å². The molecule has 0 spiro atoms. The molecular weight excluding hydrogens is 545 g/mol. The van der Waals surface area contributed by atoms with Crippen LogP contribution in [0.4, 0.5) is 10.1 Å². The van der Waals surface area contributed by atoms with E-state index in [0.29, 0.717) is 48.4 Å². The number of imidazole rings is 1. The van der Waals surface area contributed by atoms with Gasteiger partial charge in [0.25, 0.3) is 11.8 Å². The molecule has 0 bridgehead atoms. The summed E-state index contributed by atoms with van der Waals surface area (Å²) in [6.45, 7) is 5.12. The van der Waals surface area contributed by atoms with Crippen molar-refractivity contribution in [1.82, 2.24) is 14.6 Å². The summed E-state index contributed by atoms with van der Waals surface area (Å²) < 4.78 is 21.3. The monoisotopic (exact) mass is 573 g/mol. The summed E-state index contributed by atoms with van der Waals surface area (Å²) in [6.07, 6.45) is 3.92. The van der Waals surface area contributed by atoms with E-state index in [0.717, 1.165) is 53.4 Å². The molecule has 41 heavy (non-hydrogen) atoms. The fourth-order valence-corrected chi connectivity index (χ4v) is 5.74. The van der Waals surface area contributed by atoms with E-state index < -0.39 is 11.8 Å². The van der Waals surface area contributed by atoms with Gasteiger partial charge in [-0.3, -0.25) is 9.59 Å². The highest BCUT2D eigenvalue weighted by Gasteiger charge is 2.34. The lowest BCUT2D eigenvalue weighted by Crippen LogP contribution is -2.38. The Balaban J connectivity index is 1.36. The number of hydrogen-bond acceptors (Lipinski definition) is 6. The molecule has 0 radical (unpaired) electrons. The summed E-state index contributed by atoms with van der Waals surface area (Å²) in [4.78, 5) is 34.0. The number of ether oxygens (including phenoxy) is 1. The first-order valence-electron chi connectivity index (χ1n) is 13.8. The highest BCUT2D eigenvalue weighted by molar-refractivity contribution is 6.32. The molecule has 1 aromatic heterocycles. The Hall–Kier alpha value is -4.08. The quantitative estimate of drug-likeness (QED) is 0.200. The van der Waals surface area contributed by atoms with Gasteiger partial charge in [-0.15, -0.1) is 0 Å². The van der Waals surface area contributed by atoms with Crippen LogP contribution in [-0.4, -0.2) is 58.9 Å². The fraction of sp³-hybridized carbons (Fsp3) is 0.290. The smallest absolute Gasteiger partial charge is 0.282 e. The average Bonchev–Trinajstić information content (AvgIpc) is 3.28. The molecule has 210 valence electrons. The second kappa shape index (κ2) is 11.4. The first-order valence-corrected chi connectivity index (χ1v) is 14.1. The Morgan fingerprint density at radius 1 is 1.05 bits per heavy atom. The van der Waals surface area contributed by atoms with Crippen molar-refractivity contribution in [3.05, 3.63) is 93.8 Å². The van der Waals surface area contributed by atoms with E-state index in [9.17, 15) is 14.0 Å². The summed E-state index contributed by atoms with van der Waals surface area (Å²) >= 11 is 6.56. The number of carbonyl (C=O) groups excluding carboxylic acids is 2. The third kappa shape index (κ3) is 5.11. The van der Waals surface area contributed by atoms with E-state index in [4.69, 9.17) is 16.3 Å². The zero-order chi connectivity index (χ0) is 28.5. The largest absolute Gasteiger partial charge is 0.378 e. The van der Waals surface area contributed by atoms with Crippen molar-refractivity contribution in [2.45, 2.75) is 32.7 Å². The molecule has 0 atom stereocenters. The van der Waals surface area contributed by atoms with Crippen LogP contribution >= 0.6 is 11.6 Å². The number of nitrogens with zero attached hydrogens (tertiary/aromatic N) is 5. The molecule has 1 saturated heterocycles. The number of morpholine rings is 1. The lowest BCUT2D eigenvalue weighted by atomic mass is 9.93. The second-order valence-corrected chi connectivity index (χ2v) is 10.5. The van der Waals surface area contributed by atoms with Gasteiger partial charge in [0.15, 0.2) is 5.15 Å². The molecule has 3 heterocycles. The summed E-state index contributed by atoms with van der Waals surface area (Å²) in [7, 11) is 0. The lowest BCUT2D eigenvalue weighted by molar-refractivity contribution is 0.0616. The predicted molar refractivity (Wildman–Crippen MR) is 156 cm³/mol. The molecule has 4 aromatic rings. The zero-order valence-corrected chi connectivity index (χ0v) is 23.4. The Morgan fingerprint density at radius 3 is 2.56 bits per heavy atom. The van der Waals surface area contributed by atoms with Crippen molar-refractivity contribution >= 4 is 46.1 Å². The number of amides is 2. The molecule has 0 unspecified atom stereocenters. The minimum absolute atomic E-state index is 0.200. The number of hydrogen-bond donors (Lipinski definition) is 0. The van der Waals surface area contributed by atoms with Crippen LogP contribution in [0, 0.1) is 5.82 Å². The van der Waals surface area contributed by atoms with Crippen LogP contribution in [0.1, 0.15) is 57.6 Å². The maximum Gasteiger partial charge on any atom is 0.282 e. The van der Waals surface area contributed by atoms with Gasteiger partial charge in [0.2, 0.25) is 0 Å². The van der Waals surface area contributed by atoms with E-state index in [2.05, 4.69) is 21.9 Å². The minimum atomic E-state index is -0.512. The SMILES string of the molecule is CCCCc1nc(Cl)c(/C=N/N2C(=O)c3cccc4c(N5CCOCC5)ccc(c34)C2=O)n1Cc1cccc(F)c1. The van der Waals surface area contributed by atoms with E-state index >= 15 is 0 Å². The maximum atomic E-state index is 13.9. The van der Waals surface area contributed by atoms with Crippen molar-refractivity contribution in [3.63, 3.8) is 0 Å². The molecular formula is C31H29ClFN5O3. The number of imide groups is 1. The number of hydrazone groups is 1. The molecule has 2 aliphatic rings. The van der Waals surface area contributed by atoms with Crippen LogP contribution in [0.15, 0.2) is 59.7 Å². The third-order valence-corrected chi connectivity index (χ3v) is 7.81. The summed E-state index contributed by atoms with van der Waals surface area (Å²) in [5.41, 5.74) is 2.96. The van der Waals surface area contributed by atoms with Crippen LogP contribution in [0.25, 0.3) is 10.8 Å². The zero-order valence-electron chi connectivity index (χ0n) is 22.6. The molecule has 10 heteroatoms. The van der Waals surface area contributed by atoms with Gasteiger partial charge in [-0.2, -0.15) is 10.1 Å². The van der Waals surface area contributed by atoms with Gasteiger partial charge < -0.3 is 14.2 Å². The average molecular weight is 574 g/mol. The highest BCUT2D eigenvalue weighted by atomic mass is 35.5. The fourth-order valence-electron chi connectivity index (χ4n) is 5.49. The number of unbranched alkanes of at least 4 members (excludes halogenated alkanes) is 1. The number of carbonyl (C=O) groups is 2. The molecule has 2 amide bonds. The number of halogens is 2. The number of anilines is 1.